The molecule has 21 heavy (non-hydrogen) atoms. The van der Waals surface area contributed by atoms with E-state index in [2.05, 4.69) is 9.47 Å². The predicted molar refractivity (Wildman–Crippen MR) is 71.1 cm³/mol. The number of hydrogen-bond donors (Lipinski definition) is 0. The van der Waals surface area contributed by atoms with Crippen LogP contribution >= 0.6 is 0 Å². The molecule has 0 aromatic rings. The van der Waals surface area contributed by atoms with Crippen LogP contribution in [-0.4, -0.2) is 55.7 Å². The van der Waals surface area contributed by atoms with Gasteiger partial charge in [-0.25, -0.2) is 14.4 Å². The summed E-state index contributed by atoms with van der Waals surface area (Å²) in [5, 5.41) is 0. The Labute approximate surface area is 122 Å². The van der Waals surface area contributed by atoms with Gasteiger partial charge in [-0.1, -0.05) is 0 Å². The quantitative estimate of drug-likeness (QED) is 0.318. The maximum absolute atomic E-state index is 11.5. The van der Waals surface area contributed by atoms with Crippen LogP contribution in [-0.2, 0) is 28.6 Å². The largest absolute Gasteiger partial charge is 0.466 e. The van der Waals surface area contributed by atoms with Crippen LogP contribution in [0.2, 0.25) is 0 Å². The van der Waals surface area contributed by atoms with Gasteiger partial charge < -0.3 is 14.2 Å². The summed E-state index contributed by atoms with van der Waals surface area (Å²) in [7, 11) is 2.43. The Balaban J connectivity index is 4.45. The number of rotatable bonds is 5. The molecule has 0 radical (unpaired) electrons. The fraction of sp³-hybridized carbons (Fsp3) is 0.538. The van der Waals surface area contributed by atoms with E-state index in [1.54, 1.807) is 13.8 Å². The lowest BCUT2D eigenvalue weighted by molar-refractivity contribution is -0.148. The Morgan fingerprint density at radius 2 is 1.76 bits per heavy atom. The van der Waals surface area contributed by atoms with Crippen molar-refractivity contribution in [2.45, 2.75) is 26.9 Å². The van der Waals surface area contributed by atoms with Crippen LogP contribution < -0.4 is 0 Å². The van der Waals surface area contributed by atoms with E-state index in [0.29, 0.717) is 0 Å². The van der Waals surface area contributed by atoms with Crippen molar-refractivity contribution < 1.29 is 33.4 Å². The van der Waals surface area contributed by atoms with Crippen LogP contribution in [0.5, 0.6) is 0 Å². The zero-order valence-corrected chi connectivity index (χ0v) is 12.7. The van der Waals surface area contributed by atoms with E-state index in [9.17, 15) is 19.2 Å². The number of ether oxygens (including phenoxy) is 3. The number of likely N-dealkylation sites (N-methyl/N-ethyl adjacent to an activating group) is 1. The van der Waals surface area contributed by atoms with Crippen molar-refractivity contribution in [3.8, 4) is 0 Å². The maximum atomic E-state index is 11.5. The molecule has 118 valence electrons. The molecule has 0 heterocycles. The van der Waals surface area contributed by atoms with Crippen molar-refractivity contribution in [1.82, 2.24) is 4.90 Å². The first-order chi connectivity index (χ1) is 9.67. The number of carbonyl (C=O) groups excluding carboxylic acids is 4. The van der Waals surface area contributed by atoms with E-state index in [-0.39, 0.29) is 18.2 Å². The molecular weight excluding hydrogens is 282 g/mol. The van der Waals surface area contributed by atoms with Crippen molar-refractivity contribution in [3.63, 3.8) is 0 Å². The van der Waals surface area contributed by atoms with E-state index in [4.69, 9.17) is 4.74 Å². The van der Waals surface area contributed by atoms with Crippen LogP contribution in [0, 0.1) is 0 Å². The molecule has 0 saturated heterocycles. The molecule has 0 bridgehead atoms. The SMILES string of the molecule is COC(=O)/C(C)=C/C(=O)OC(=O)N(C)CC(=O)OC(C)C. The zero-order chi connectivity index (χ0) is 16.6. The monoisotopic (exact) mass is 301 g/mol. The second-order valence-corrected chi connectivity index (χ2v) is 4.40. The molecule has 8 nitrogen and oxygen atoms in total. The molecule has 0 spiro atoms. The number of amides is 1. The van der Waals surface area contributed by atoms with Crippen LogP contribution in [0.4, 0.5) is 4.79 Å². The van der Waals surface area contributed by atoms with Gasteiger partial charge in [-0.2, -0.15) is 0 Å². The standard InChI is InChI=1S/C13H19NO7/c1-8(2)20-11(16)7-14(4)13(18)21-10(15)6-9(3)12(17)19-5/h6,8H,7H2,1-5H3/b9-6+. The highest BCUT2D eigenvalue weighted by molar-refractivity contribution is 5.99. The topological polar surface area (TPSA) is 99.2 Å². The Kier molecular flexibility index (Phi) is 7.74. The number of esters is 3. The Morgan fingerprint density at radius 3 is 2.24 bits per heavy atom. The summed E-state index contributed by atoms with van der Waals surface area (Å²) in [6.45, 7) is 4.31. The lowest BCUT2D eigenvalue weighted by Gasteiger charge is -2.15. The molecule has 8 heteroatoms. The van der Waals surface area contributed by atoms with Crippen molar-refractivity contribution in [2.24, 2.45) is 0 Å². The lowest BCUT2D eigenvalue weighted by atomic mass is 10.3. The molecular formula is C13H19NO7. The summed E-state index contributed by atoms with van der Waals surface area (Å²) in [4.78, 5) is 46.2. The summed E-state index contributed by atoms with van der Waals surface area (Å²) < 4.78 is 13.7. The minimum atomic E-state index is -1.04. The first-order valence-corrected chi connectivity index (χ1v) is 6.10. The van der Waals surface area contributed by atoms with Crippen LogP contribution in [0.15, 0.2) is 11.6 Å². The predicted octanol–water partition coefficient (Wildman–Crippen LogP) is 0.652. The number of methoxy groups -OCH3 is 1. The molecule has 0 unspecified atom stereocenters. The molecule has 1 amide bonds. The van der Waals surface area contributed by atoms with Gasteiger partial charge >= 0.3 is 24.0 Å². The highest BCUT2D eigenvalue weighted by Crippen LogP contribution is 1.99. The number of nitrogens with zero attached hydrogens (tertiary/aromatic N) is 1. The van der Waals surface area contributed by atoms with Gasteiger partial charge in [-0.3, -0.25) is 9.69 Å². The normalized spacial score (nSPS) is 10.9. The third kappa shape index (κ3) is 7.71. The van der Waals surface area contributed by atoms with Gasteiger partial charge in [0.25, 0.3) is 0 Å². The summed E-state index contributed by atoms with van der Waals surface area (Å²) in [5.74, 6) is -2.38. The lowest BCUT2D eigenvalue weighted by Crippen LogP contribution is -2.35. The maximum Gasteiger partial charge on any atom is 0.418 e. The average molecular weight is 301 g/mol. The molecule has 0 saturated carbocycles. The Morgan fingerprint density at radius 1 is 1.19 bits per heavy atom. The smallest absolute Gasteiger partial charge is 0.418 e. The molecule has 0 rings (SSSR count). The fourth-order valence-corrected chi connectivity index (χ4v) is 1.15. The van der Waals surface area contributed by atoms with E-state index < -0.39 is 24.0 Å². The first kappa shape index (κ1) is 18.6. The third-order valence-electron chi connectivity index (χ3n) is 2.07. The first-order valence-electron chi connectivity index (χ1n) is 6.10. The zero-order valence-electron chi connectivity index (χ0n) is 12.7. The van der Waals surface area contributed by atoms with Gasteiger partial charge in [-0.05, 0) is 20.8 Å². The second kappa shape index (κ2) is 8.72. The van der Waals surface area contributed by atoms with Crippen molar-refractivity contribution in [1.29, 1.82) is 0 Å². The summed E-state index contributed by atoms with van der Waals surface area (Å²) in [5.41, 5.74) is -0.0165. The van der Waals surface area contributed by atoms with E-state index in [0.717, 1.165) is 18.1 Å². The Hall–Kier alpha value is -2.38. The van der Waals surface area contributed by atoms with E-state index >= 15 is 0 Å². The van der Waals surface area contributed by atoms with Crippen LogP contribution in [0.1, 0.15) is 20.8 Å². The summed E-state index contributed by atoms with van der Waals surface area (Å²) in [6.07, 6.45) is -0.520. The summed E-state index contributed by atoms with van der Waals surface area (Å²) in [6, 6.07) is 0. The molecule has 0 aromatic carbocycles. The summed E-state index contributed by atoms with van der Waals surface area (Å²) >= 11 is 0. The van der Waals surface area contributed by atoms with Gasteiger partial charge in [-0.15, -0.1) is 0 Å². The van der Waals surface area contributed by atoms with Gasteiger partial charge in [0.1, 0.15) is 6.54 Å². The van der Waals surface area contributed by atoms with Gasteiger partial charge in [0, 0.05) is 18.7 Å². The second-order valence-electron chi connectivity index (χ2n) is 4.40. The minimum absolute atomic E-state index is 0.0165. The van der Waals surface area contributed by atoms with Crippen molar-refractivity contribution in [3.05, 3.63) is 11.6 Å². The van der Waals surface area contributed by atoms with Gasteiger partial charge in [0.05, 0.1) is 13.2 Å². The Bertz CT molecular complexity index is 453. The average Bonchev–Trinajstić information content (AvgIpc) is 2.35. The molecule has 0 N–H and O–H groups in total. The molecule has 0 fully saturated rings. The highest BCUT2D eigenvalue weighted by atomic mass is 16.6. The van der Waals surface area contributed by atoms with Crippen LogP contribution in [0.25, 0.3) is 0 Å². The molecule has 0 aliphatic heterocycles. The van der Waals surface area contributed by atoms with E-state index in [1.165, 1.54) is 14.0 Å². The molecule has 0 aliphatic carbocycles. The minimum Gasteiger partial charge on any atom is -0.466 e. The van der Waals surface area contributed by atoms with Gasteiger partial charge in [0.2, 0.25) is 0 Å². The molecule has 0 aliphatic rings. The number of carbonyl (C=O) groups is 4. The van der Waals surface area contributed by atoms with E-state index in [1.807, 2.05) is 0 Å². The molecule has 0 atom stereocenters. The van der Waals surface area contributed by atoms with Gasteiger partial charge in [0.15, 0.2) is 0 Å². The fourth-order valence-electron chi connectivity index (χ4n) is 1.15. The molecule has 0 aromatic heterocycles. The third-order valence-corrected chi connectivity index (χ3v) is 2.07. The van der Waals surface area contributed by atoms with Crippen molar-refractivity contribution in [2.75, 3.05) is 20.7 Å². The van der Waals surface area contributed by atoms with Crippen molar-refractivity contribution >= 4 is 24.0 Å². The highest BCUT2D eigenvalue weighted by Gasteiger charge is 2.19. The van der Waals surface area contributed by atoms with Crippen LogP contribution in [0.3, 0.4) is 0 Å². The number of hydrogen-bond acceptors (Lipinski definition) is 7.